The second kappa shape index (κ2) is 6.04. The van der Waals surface area contributed by atoms with Crippen molar-refractivity contribution in [3.63, 3.8) is 0 Å². The van der Waals surface area contributed by atoms with Gasteiger partial charge in [0.25, 0.3) is 0 Å². The van der Waals surface area contributed by atoms with Crippen LogP contribution in [0.1, 0.15) is 23.7 Å². The summed E-state index contributed by atoms with van der Waals surface area (Å²) < 4.78 is 4.64. The molecule has 0 aromatic carbocycles. The van der Waals surface area contributed by atoms with Crippen molar-refractivity contribution >= 4 is 34.6 Å². The van der Waals surface area contributed by atoms with Crippen LogP contribution in [-0.4, -0.2) is 40.9 Å². The lowest BCUT2D eigenvalue weighted by atomic mass is 10.2. The molecule has 1 aliphatic heterocycles. The monoisotopic (exact) mass is 294 g/mol. The average Bonchev–Trinajstić information content (AvgIpc) is 2.78. The van der Waals surface area contributed by atoms with Crippen LogP contribution in [0.15, 0.2) is 18.3 Å². The molecule has 6 nitrogen and oxygen atoms in total. The Hall–Kier alpha value is -1.89. The Morgan fingerprint density at radius 1 is 1.50 bits per heavy atom. The zero-order valence-corrected chi connectivity index (χ0v) is 12.0. The van der Waals surface area contributed by atoms with Gasteiger partial charge in [0.15, 0.2) is 5.12 Å². The fourth-order valence-corrected chi connectivity index (χ4v) is 2.94. The van der Waals surface area contributed by atoms with Gasteiger partial charge in [0.2, 0.25) is 5.91 Å². The topological polar surface area (TPSA) is 76.6 Å². The second-order valence-corrected chi connectivity index (χ2v) is 5.81. The van der Waals surface area contributed by atoms with Crippen molar-refractivity contribution < 1.29 is 19.1 Å². The van der Waals surface area contributed by atoms with Gasteiger partial charge in [0.05, 0.1) is 12.7 Å². The number of ether oxygens (including phenoxy) is 1. The highest BCUT2D eigenvalue weighted by Gasteiger charge is 2.32. The molecule has 1 saturated heterocycles. The van der Waals surface area contributed by atoms with Gasteiger partial charge in [0.1, 0.15) is 5.82 Å². The minimum Gasteiger partial charge on any atom is -0.465 e. The summed E-state index contributed by atoms with van der Waals surface area (Å²) in [5, 5.41) is -0.0792. The van der Waals surface area contributed by atoms with Crippen molar-refractivity contribution in [2.75, 3.05) is 18.6 Å². The quantitative estimate of drug-likeness (QED) is 0.781. The van der Waals surface area contributed by atoms with Crippen LogP contribution in [0.25, 0.3) is 0 Å². The van der Waals surface area contributed by atoms with E-state index in [1.807, 2.05) is 0 Å². The molecule has 0 aliphatic carbocycles. The van der Waals surface area contributed by atoms with Crippen LogP contribution in [0, 0.1) is 0 Å². The Bertz CT molecular complexity index is 561. The van der Waals surface area contributed by atoms with Gasteiger partial charge < -0.3 is 4.74 Å². The number of thioether (sulfide) groups is 1. The summed E-state index contributed by atoms with van der Waals surface area (Å²) in [6.45, 7) is 1.90. The molecule has 1 fully saturated rings. The zero-order chi connectivity index (χ0) is 14.7. The number of esters is 1. The standard InChI is InChI=1S/C13H14N2O4S/c1-8(16)20-10-6-12(17)15(7-10)11-5-9(3-4-14-11)13(18)19-2/h3-5,10H,6-7H2,1-2H3. The minimum atomic E-state index is -0.477. The van der Waals surface area contributed by atoms with Gasteiger partial charge in [-0.1, -0.05) is 11.8 Å². The summed E-state index contributed by atoms with van der Waals surface area (Å²) >= 11 is 1.16. The fraction of sp³-hybridized carbons (Fsp3) is 0.385. The van der Waals surface area contributed by atoms with E-state index in [9.17, 15) is 14.4 Å². The summed E-state index contributed by atoms with van der Waals surface area (Å²) in [6.07, 6.45) is 1.76. The summed E-state index contributed by atoms with van der Waals surface area (Å²) in [5.74, 6) is -0.169. The molecule has 1 aliphatic rings. The van der Waals surface area contributed by atoms with Gasteiger partial charge in [-0.2, -0.15) is 0 Å². The normalized spacial score (nSPS) is 18.2. The third-order valence-corrected chi connectivity index (χ3v) is 3.85. The maximum Gasteiger partial charge on any atom is 0.338 e. The third kappa shape index (κ3) is 3.16. The molecule has 1 unspecified atom stereocenters. The van der Waals surface area contributed by atoms with E-state index in [2.05, 4.69) is 9.72 Å². The maximum atomic E-state index is 12.0. The van der Waals surface area contributed by atoms with Crippen LogP contribution >= 0.6 is 11.8 Å². The van der Waals surface area contributed by atoms with E-state index >= 15 is 0 Å². The lowest BCUT2D eigenvalue weighted by Crippen LogP contribution is -2.26. The molecule has 1 atom stereocenters. The molecule has 0 radical (unpaired) electrons. The van der Waals surface area contributed by atoms with Crippen molar-refractivity contribution in [2.24, 2.45) is 0 Å². The number of carbonyl (C=O) groups excluding carboxylic acids is 3. The first-order chi connectivity index (χ1) is 9.51. The number of methoxy groups -OCH3 is 1. The molecule has 0 bridgehead atoms. The third-order valence-electron chi connectivity index (χ3n) is 2.87. The number of hydrogen-bond acceptors (Lipinski definition) is 6. The first-order valence-electron chi connectivity index (χ1n) is 6.03. The summed E-state index contributed by atoms with van der Waals surface area (Å²) in [7, 11) is 1.29. The van der Waals surface area contributed by atoms with E-state index < -0.39 is 5.97 Å². The van der Waals surface area contributed by atoms with Gasteiger partial charge in [-0.3, -0.25) is 14.5 Å². The lowest BCUT2D eigenvalue weighted by molar-refractivity contribution is -0.117. The summed E-state index contributed by atoms with van der Waals surface area (Å²) in [6, 6.07) is 3.04. The van der Waals surface area contributed by atoms with Crippen molar-refractivity contribution in [2.45, 2.75) is 18.6 Å². The van der Waals surface area contributed by atoms with Gasteiger partial charge in [-0.05, 0) is 12.1 Å². The van der Waals surface area contributed by atoms with E-state index in [0.29, 0.717) is 24.3 Å². The van der Waals surface area contributed by atoms with Crippen molar-refractivity contribution in [3.8, 4) is 0 Å². The Morgan fingerprint density at radius 3 is 2.90 bits per heavy atom. The van der Waals surface area contributed by atoms with Gasteiger partial charge >= 0.3 is 5.97 Å². The number of pyridine rings is 1. The summed E-state index contributed by atoms with van der Waals surface area (Å²) in [4.78, 5) is 40.1. The molecular weight excluding hydrogens is 280 g/mol. The highest BCUT2D eigenvalue weighted by Crippen LogP contribution is 2.27. The number of rotatable bonds is 3. The van der Waals surface area contributed by atoms with E-state index in [-0.39, 0.29) is 16.3 Å². The predicted octanol–water partition coefficient (Wildman–Crippen LogP) is 1.25. The number of nitrogens with zero attached hydrogens (tertiary/aromatic N) is 2. The predicted molar refractivity (Wildman–Crippen MR) is 74.6 cm³/mol. The minimum absolute atomic E-state index is 0.0130. The lowest BCUT2D eigenvalue weighted by Gasteiger charge is -2.15. The van der Waals surface area contributed by atoms with Crippen LogP contribution in [-0.2, 0) is 14.3 Å². The fourth-order valence-electron chi connectivity index (χ4n) is 2.02. The van der Waals surface area contributed by atoms with Crippen LogP contribution in [0.3, 0.4) is 0 Å². The van der Waals surface area contributed by atoms with E-state index in [1.54, 1.807) is 0 Å². The molecule has 1 amide bonds. The Labute approximate surface area is 120 Å². The summed E-state index contributed by atoms with van der Waals surface area (Å²) in [5.41, 5.74) is 0.341. The van der Waals surface area contributed by atoms with Crippen molar-refractivity contribution in [1.29, 1.82) is 0 Å². The van der Waals surface area contributed by atoms with Crippen LogP contribution in [0.5, 0.6) is 0 Å². The van der Waals surface area contributed by atoms with Crippen molar-refractivity contribution in [3.05, 3.63) is 23.9 Å². The zero-order valence-electron chi connectivity index (χ0n) is 11.2. The van der Waals surface area contributed by atoms with E-state index in [0.717, 1.165) is 11.8 Å². The molecule has 0 N–H and O–H groups in total. The first kappa shape index (κ1) is 14.5. The Balaban J connectivity index is 2.17. The molecule has 20 heavy (non-hydrogen) atoms. The van der Waals surface area contributed by atoms with Crippen LogP contribution < -0.4 is 4.90 Å². The Kier molecular flexibility index (Phi) is 4.39. The molecule has 7 heteroatoms. The molecule has 1 aromatic heterocycles. The molecular formula is C13H14N2O4S. The Morgan fingerprint density at radius 2 is 2.25 bits per heavy atom. The number of aromatic nitrogens is 1. The molecule has 1 aromatic rings. The maximum absolute atomic E-state index is 12.0. The van der Waals surface area contributed by atoms with Crippen molar-refractivity contribution in [1.82, 2.24) is 4.98 Å². The number of anilines is 1. The SMILES string of the molecule is COC(=O)c1ccnc(N2CC(SC(C)=O)CC2=O)c1. The number of hydrogen-bond donors (Lipinski definition) is 0. The highest BCUT2D eigenvalue weighted by molar-refractivity contribution is 8.14. The largest absolute Gasteiger partial charge is 0.465 e. The number of amides is 1. The van der Waals surface area contributed by atoms with Crippen LogP contribution in [0.2, 0.25) is 0 Å². The van der Waals surface area contributed by atoms with Gasteiger partial charge in [-0.15, -0.1) is 0 Å². The molecule has 2 rings (SSSR count). The highest BCUT2D eigenvalue weighted by atomic mass is 32.2. The molecule has 106 valence electrons. The average molecular weight is 294 g/mol. The smallest absolute Gasteiger partial charge is 0.338 e. The van der Waals surface area contributed by atoms with Gasteiger partial charge in [0, 0.05) is 31.3 Å². The van der Waals surface area contributed by atoms with Gasteiger partial charge in [-0.25, -0.2) is 9.78 Å². The molecule has 0 spiro atoms. The number of carbonyl (C=O) groups is 3. The molecule has 2 heterocycles. The van der Waals surface area contributed by atoms with E-state index in [1.165, 1.54) is 37.3 Å². The van der Waals surface area contributed by atoms with Crippen LogP contribution in [0.4, 0.5) is 5.82 Å². The second-order valence-electron chi connectivity index (χ2n) is 4.33. The molecule has 0 saturated carbocycles. The van der Waals surface area contributed by atoms with E-state index in [4.69, 9.17) is 0 Å². The first-order valence-corrected chi connectivity index (χ1v) is 6.91.